The smallest absolute Gasteiger partial charge is 0.397 e. The number of benzene rings is 1. The van der Waals surface area contributed by atoms with Crippen molar-refractivity contribution < 1.29 is 22.8 Å². The average molecular weight is 574 g/mol. The number of halogens is 4. The number of aromatic nitrogens is 5. The summed E-state index contributed by atoms with van der Waals surface area (Å²) in [5.74, 6) is -1.15. The van der Waals surface area contributed by atoms with Gasteiger partial charge in [-0.2, -0.15) is 18.3 Å². The number of hydrogen-bond donors (Lipinski definition) is 4. The molecule has 2 amide bonds. The van der Waals surface area contributed by atoms with Gasteiger partial charge in [0.25, 0.3) is 11.8 Å². The zero-order valence-corrected chi connectivity index (χ0v) is 21.7. The number of carbonyl (C=O) groups is 2. The maximum absolute atomic E-state index is 13.9. The van der Waals surface area contributed by atoms with Crippen molar-refractivity contribution in [2.75, 3.05) is 17.6 Å². The fourth-order valence-electron chi connectivity index (χ4n) is 3.94. The van der Waals surface area contributed by atoms with Crippen LogP contribution in [-0.4, -0.2) is 48.2 Å². The number of hydrogen-bond acceptors (Lipinski definition) is 7. The Bertz CT molecular complexity index is 1610. The Kier molecular flexibility index (Phi) is 6.75. The number of rotatable bonds is 7. The zero-order valence-electron chi connectivity index (χ0n) is 21.0. The Morgan fingerprint density at radius 2 is 1.88 bits per heavy atom. The highest BCUT2D eigenvalue weighted by Crippen LogP contribution is 2.37. The Hall–Kier alpha value is -4.43. The van der Waals surface area contributed by atoms with E-state index in [0.717, 1.165) is 29.9 Å². The molecular formula is C25H23ClF3N9O2. The van der Waals surface area contributed by atoms with Crippen molar-refractivity contribution in [3.63, 3.8) is 0 Å². The summed E-state index contributed by atoms with van der Waals surface area (Å²) in [6.07, 6.45) is 0.465. The number of pyridine rings is 1. The summed E-state index contributed by atoms with van der Waals surface area (Å²) in [5, 5.41) is 9.10. The van der Waals surface area contributed by atoms with Crippen LogP contribution in [-0.2, 0) is 13.2 Å². The molecule has 1 aromatic carbocycles. The molecule has 1 aliphatic rings. The number of alkyl halides is 3. The van der Waals surface area contributed by atoms with E-state index in [2.05, 4.69) is 25.7 Å². The van der Waals surface area contributed by atoms with Gasteiger partial charge in [-0.3, -0.25) is 9.59 Å². The highest BCUT2D eigenvalue weighted by Gasteiger charge is 2.39. The van der Waals surface area contributed by atoms with Gasteiger partial charge in [-0.25, -0.2) is 14.6 Å². The maximum Gasteiger partial charge on any atom is 0.435 e. The minimum Gasteiger partial charge on any atom is -0.397 e. The van der Waals surface area contributed by atoms with Crippen molar-refractivity contribution in [1.29, 1.82) is 0 Å². The molecule has 15 heteroatoms. The summed E-state index contributed by atoms with van der Waals surface area (Å²) in [6, 6.07) is 7.22. The van der Waals surface area contributed by atoms with Gasteiger partial charge < -0.3 is 26.7 Å². The van der Waals surface area contributed by atoms with Gasteiger partial charge in [0.2, 0.25) is 0 Å². The van der Waals surface area contributed by atoms with Crippen LogP contribution in [0.2, 0.25) is 5.02 Å². The Labute approximate surface area is 230 Å². The average Bonchev–Trinajstić information content (AvgIpc) is 3.28. The lowest BCUT2D eigenvalue weighted by Crippen LogP contribution is -2.39. The second kappa shape index (κ2) is 9.95. The summed E-state index contributed by atoms with van der Waals surface area (Å²) in [5.41, 5.74) is 10.5. The van der Waals surface area contributed by atoms with E-state index >= 15 is 0 Å². The van der Waals surface area contributed by atoms with Gasteiger partial charge in [-0.15, -0.1) is 0 Å². The minimum atomic E-state index is -4.80. The number of nitrogens with two attached hydrogens (primary N) is 2. The summed E-state index contributed by atoms with van der Waals surface area (Å²) >= 11 is 6.26. The summed E-state index contributed by atoms with van der Waals surface area (Å²) in [4.78, 5) is 33.4. The molecule has 6 N–H and O–H groups in total. The van der Waals surface area contributed by atoms with E-state index in [1.165, 1.54) is 48.1 Å². The molecule has 0 spiro atoms. The molecule has 0 unspecified atom stereocenters. The third-order valence-electron chi connectivity index (χ3n) is 6.42. The third-order valence-corrected chi connectivity index (χ3v) is 6.73. The summed E-state index contributed by atoms with van der Waals surface area (Å²) in [7, 11) is 1.40. The molecule has 1 aliphatic carbocycles. The van der Waals surface area contributed by atoms with Crippen molar-refractivity contribution in [2.24, 2.45) is 12.8 Å². The minimum absolute atomic E-state index is 0.00226. The van der Waals surface area contributed by atoms with Crippen LogP contribution < -0.4 is 22.1 Å². The molecule has 3 heterocycles. The van der Waals surface area contributed by atoms with E-state index in [1.54, 1.807) is 0 Å². The topological polar surface area (TPSA) is 159 Å². The van der Waals surface area contributed by atoms with E-state index < -0.39 is 23.7 Å². The molecule has 1 saturated carbocycles. The molecule has 208 valence electrons. The Balaban J connectivity index is 1.37. The zero-order chi connectivity index (χ0) is 28.8. The standard InChI is InChI=1S/C25H23ClF3N9O2/c1-37-18(16-11-38(36-20(16)25(27,28)29)19-5-2-13(30)9-32-19)10-33-21(37)23(40)35-14-3-4-15(17(26)8-14)22(39)34-12-24(31)6-7-24/h2-5,8-11H,6-7,12,30-31H2,1H3,(H,34,39)(H,35,40). The van der Waals surface area contributed by atoms with E-state index in [0.29, 0.717) is 12.2 Å². The quantitative estimate of drug-likeness (QED) is 0.264. The van der Waals surface area contributed by atoms with Gasteiger partial charge >= 0.3 is 6.18 Å². The van der Waals surface area contributed by atoms with Crippen molar-refractivity contribution in [2.45, 2.75) is 24.6 Å². The molecule has 0 bridgehead atoms. The fraction of sp³-hybridized carbons (Fsp3) is 0.240. The van der Waals surface area contributed by atoms with Gasteiger partial charge in [-0.05, 0) is 43.2 Å². The van der Waals surface area contributed by atoms with Crippen LogP contribution >= 0.6 is 11.6 Å². The second-order valence-electron chi connectivity index (χ2n) is 9.50. The molecule has 11 nitrogen and oxygen atoms in total. The largest absolute Gasteiger partial charge is 0.435 e. The number of amides is 2. The molecule has 3 aromatic heterocycles. The van der Waals surface area contributed by atoms with Crippen LogP contribution in [0.15, 0.2) is 48.9 Å². The third kappa shape index (κ3) is 5.49. The highest BCUT2D eigenvalue weighted by atomic mass is 35.5. The fourth-order valence-corrected chi connectivity index (χ4v) is 4.21. The number of imidazole rings is 1. The van der Waals surface area contributed by atoms with Crippen molar-refractivity contribution in [1.82, 2.24) is 29.6 Å². The summed E-state index contributed by atoms with van der Waals surface area (Å²) < 4.78 is 43.8. The molecule has 40 heavy (non-hydrogen) atoms. The van der Waals surface area contributed by atoms with Crippen molar-refractivity contribution >= 4 is 34.8 Å². The molecule has 0 atom stereocenters. The maximum atomic E-state index is 13.9. The first-order valence-corrected chi connectivity index (χ1v) is 12.3. The SMILES string of the molecule is Cn1c(-c2cn(-c3ccc(N)cn3)nc2C(F)(F)F)cnc1C(=O)Nc1ccc(C(=O)NCC2(N)CC2)c(Cl)c1. The van der Waals surface area contributed by atoms with Crippen LogP contribution in [0.3, 0.4) is 0 Å². The molecule has 4 aromatic rings. The predicted molar refractivity (Wildman–Crippen MR) is 141 cm³/mol. The van der Waals surface area contributed by atoms with Gasteiger partial charge in [0.15, 0.2) is 17.3 Å². The van der Waals surface area contributed by atoms with Crippen LogP contribution in [0.5, 0.6) is 0 Å². The van der Waals surface area contributed by atoms with E-state index in [-0.39, 0.29) is 44.7 Å². The number of nitrogen functional groups attached to an aromatic ring is 1. The number of anilines is 2. The molecule has 0 radical (unpaired) electrons. The second-order valence-corrected chi connectivity index (χ2v) is 9.91. The molecule has 0 saturated heterocycles. The number of carbonyl (C=O) groups excluding carboxylic acids is 2. The monoisotopic (exact) mass is 573 g/mol. The van der Waals surface area contributed by atoms with E-state index in [1.807, 2.05) is 0 Å². The molecule has 5 rings (SSSR count). The molecule has 1 fully saturated rings. The van der Waals surface area contributed by atoms with E-state index in [4.69, 9.17) is 23.1 Å². The Morgan fingerprint density at radius 1 is 1.12 bits per heavy atom. The lowest BCUT2D eigenvalue weighted by Gasteiger charge is -2.12. The van der Waals surface area contributed by atoms with E-state index in [9.17, 15) is 22.8 Å². The van der Waals surface area contributed by atoms with Crippen LogP contribution in [0.25, 0.3) is 17.1 Å². The first-order chi connectivity index (χ1) is 18.8. The van der Waals surface area contributed by atoms with Gasteiger partial charge in [0.05, 0.1) is 39.9 Å². The predicted octanol–water partition coefficient (Wildman–Crippen LogP) is 3.40. The number of nitrogens with zero attached hydrogens (tertiary/aromatic N) is 5. The highest BCUT2D eigenvalue weighted by molar-refractivity contribution is 6.34. The molecule has 0 aliphatic heterocycles. The van der Waals surface area contributed by atoms with Crippen molar-refractivity contribution in [3.8, 4) is 17.1 Å². The van der Waals surface area contributed by atoms with Crippen LogP contribution in [0.1, 0.15) is 39.5 Å². The first-order valence-electron chi connectivity index (χ1n) is 11.9. The first kappa shape index (κ1) is 27.1. The van der Waals surface area contributed by atoms with Crippen LogP contribution in [0.4, 0.5) is 24.5 Å². The van der Waals surface area contributed by atoms with Gasteiger partial charge in [0, 0.05) is 31.0 Å². The Morgan fingerprint density at radius 3 is 2.50 bits per heavy atom. The normalized spacial score (nSPS) is 14.2. The van der Waals surface area contributed by atoms with Crippen molar-refractivity contribution in [3.05, 3.63) is 71.0 Å². The number of nitrogens with one attached hydrogen (secondary N) is 2. The lowest BCUT2D eigenvalue weighted by atomic mass is 10.1. The van der Waals surface area contributed by atoms with Crippen LogP contribution in [0, 0.1) is 0 Å². The van der Waals surface area contributed by atoms with Gasteiger partial charge in [-0.1, -0.05) is 11.6 Å². The lowest BCUT2D eigenvalue weighted by molar-refractivity contribution is -0.140. The molecular weight excluding hydrogens is 551 g/mol. The summed E-state index contributed by atoms with van der Waals surface area (Å²) in [6.45, 7) is 0.327. The van der Waals surface area contributed by atoms with Gasteiger partial charge in [0.1, 0.15) is 0 Å².